The van der Waals surface area contributed by atoms with Crippen LogP contribution < -0.4 is 0 Å². The Labute approximate surface area is 267 Å². The third-order valence-electron chi connectivity index (χ3n) is 8.45. The molecule has 0 rings (SSSR count). The third-order valence-corrected chi connectivity index (χ3v) is 8.45. The van der Waals surface area contributed by atoms with Gasteiger partial charge in [-0.25, -0.2) is 0 Å². The van der Waals surface area contributed by atoms with Gasteiger partial charge < -0.3 is 19.5 Å². The molecular formula is C37H73NO5. The number of esters is 2. The van der Waals surface area contributed by atoms with Gasteiger partial charge in [0.2, 0.25) is 0 Å². The predicted octanol–water partition coefficient (Wildman–Crippen LogP) is 9.94. The van der Waals surface area contributed by atoms with Crippen LogP contribution in [0.1, 0.15) is 188 Å². The first-order valence-electron chi connectivity index (χ1n) is 18.8. The van der Waals surface area contributed by atoms with Crippen LogP contribution in [0.5, 0.6) is 0 Å². The van der Waals surface area contributed by atoms with Crippen LogP contribution in [0.4, 0.5) is 0 Å². The average Bonchev–Trinajstić information content (AvgIpc) is 3.00. The maximum atomic E-state index is 12.6. The molecule has 0 saturated heterocycles. The summed E-state index contributed by atoms with van der Waals surface area (Å²) in [5, 5.41) is 9.50. The van der Waals surface area contributed by atoms with Gasteiger partial charge >= 0.3 is 11.9 Å². The van der Waals surface area contributed by atoms with Gasteiger partial charge in [-0.15, -0.1) is 0 Å². The lowest BCUT2D eigenvalue weighted by Gasteiger charge is -2.21. The van der Waals surface area contributed by atoms with E-state index in [1.165, 1.54) is 89.9 Å². The number of unbranched alkanes of at least 4 members (excludes halogenated alkanes) is 17. The summed E-state index contributed by atoms with van der Waals surface area (Å²) in [6.45, 7) is 10.0. The summed E-state index contributed by atoms with van der Waals surface area (Å²) in [5.41, 5.74) is 0. The van der Waals surface area contributed by atoms with E-state index < -0.39 is 0 Å². The van der Waals surface area contributed by atoms with Crippen molar-refractivity contribution in [3.63, 3.8) is 0 Å². The van der Waals surface area contributed by atoms with Crippen LogP contribution in [0.15, 0.2) is 0 Å². The molecule has 0 atom stereocenters. The second-order valence-corrected chi connectivity index (χ2v) is 12.7. The van der Waals surface area contributed by atoms with Crippen molar-refractivity contribution in [2.75, 3.05) is 32.8 Å². The van der Waals surface area contributed by atoms with Crippen molar-refractivity contribution in [3.8, 4) is 0 Å². The SMILES string of the molecule is CCCCCCCC(CCCCCCC)OC(=O)CCCCN(CCO)CCCCCCCCCC(=O)OCCCCC. The largest absolute Gasteiger partial charge is 0.466 e. The highest BCUT2D eigenvalue weighted by atomic mass is 16.5. The minimum Gasteiger partial charge on any atom is -0.466 e. The average molecular weight is 612 g/mol. The lowest BCUT2D eigenvalue weighted by atomic mass is 10.0. The molecule has 0 bridgehead atoms. The van der Waals surface area contributed by atoms with E-state index in [1.807, 2.05) is 0 Å². The number of rotatable bonds is 34. The molecule has 0 amide bonds. The van der Waals surface area contributed by atoms with Crippen LogP contribution in [0.2, 0.25) is 0 Å². The molecule has 0 aromatic heterocycles. The fraction of sp³-hybridized carbons (Fsp3) is 0.946. The van der Waals surface area contributed by atoms with E-state index in [2.05, 4.69) is 25.7 Å². The summed E-state index contributed by atoms with van der Waals surface area (Å²) in [6, 6.07) is 0. The molecule has 0 aliphatic rings. The number of aliphatic hydroxyl groups excluding tert-OH is 1. The van der Waals surface area contributed by atoms with Crippen molar-refractivity contribution in [2.45, 2.75) is 194 Å². The van der Waals surface area contributed by atoms with Crippen molar-refractivity contribution >= 4 is 11.9 Å². The maximum absolute atomic E-state index is 12.6. The molecule has 0 aliphatic carbocycles. The van der Waals surface area contributed by atoms with Crippen LogP contribution in [0, 0.1) is 0 Å². The Kier molecular flexibility index (Phi) is 32.9. The molecule has 0 unspecified atom stereocenters. The molecule has 0 fully saturated rings. The van der Waals surface area contributed by atoms with Gasteiger partial charge in [-0.3, -0.25) is 9.59 Å². The van der Waals surface area contributed by atoms with E-state index in [4.69, 9.17) is 9.47 Å². The Hall–Kier alpha value is -1.14. The maximum Gasteiger partial charge on any atom is 0.306 e. The molecule has 0 radical (unpaired) electrons. The third kappa shape index (κ3) is 30.7. The van der Waals surface area contributed by atoms with Gasteiger partial charge in [-0.05, 0) is 70.9 Å². The van der Waals surface area contributed by atoms with Gasteiger partial charge in [0.05, 0.1) is 13.2 Å². The number of ether oxygens (including phenoxy) is 2. The first kappa shape index (κ1) is 41.9. The molecule has 1 N–H and O–H groups in total. The molecule has 0 saturated carbocycles. The van der Waals surface area contributed by atoms with Crippen LogP contribution in [-0.4, -0.2) is 60.9 Å². The first-order chi connectivity index (χ1) is 21.1. The second-order valence-electron chi connectivity index (χ2n) is 12.7. The van der Waals surface area contributed by atoms with Gasteiger partial charge in [0.15, 0.2) is 0 Å². The standard InChI is InChI=1S/C37H73NO5/c1-4-7-10-15-19-26-35(27-20-16-11-8-5-2)43-37(41)29-22-24-31-38(32-33-39)30-23-18-14-12-13-17-21-28-36(40)42-34-25-9-6-3/h35,39H,4-34H2,1-3H3. The molecule has 6 nitrogen and oxygen atoms in total. The molecular weight excluding hydrogens is 538 g/mol. The highest BCUT2D eigenvalue weighted by Gasteiger charge is 2.14. The summed E-state index contributed by atoms with van der Waals surface area (Å²) >= 11 is 0. The van der Waals surface area contributed by atoms with Crippen LogP contribution >= 0.6 is 0 Å². The van der Waals surface area contributed by atoms with E-state index >= 15 is 0 Å². The van der Waals surface area contributed by atoms with Gasteiger partial charge in [-0.1, -0.05) is 117 Å². The number of hydrogen-bond donors (Lipinski definition) is 1. The molecule has 43 heavy (non-hydrogen) atoms. The van der Waals surface area contributed by atoms with Crippen molar-refractivity contribution in [3.05, 3.63) is 0 Å². The Morgan fingerprint density at radius 2 is 0.977 bits per heavy atom. The summed E-state index contributed by atoms with van der Waals surface area (Å²) in [5.74, 6) is -0.0628. The molecule has 0 heterocycles. The van der Waals surface area contributed by atoms with Crippen molar-refractivity contribution in [1.29, 1.82) is 0 Å². The van der Waals surface area contributed by atoms with Gasteiger partial charge in [0.1, 0.15) is 6.10 Å². The van der Waals surface area contributed by atoms with E-state index in [0.29, 0.717) is 26.0 Å². The van der Waals surface area contributed by atoms with Gasteiger partial charge in [0, 0.05) is 19.4 Å². The molecule has 0 aromatic carbocycles. The number of nitrogens with zero attached hydrogens (tertiary/aromatic N) is 1. The Morgan fingerprint density at radius 1 is 0.535 bits per heavy atom. The number of hydrogen-bond acceptors (Lipinski definition) is 6. The minimum absolute atomic E-state index is 0.0234. The normalized spacial score (nSPS) is 11.5. The Bertz CT molecular complexity index is 586. The highest BCUT2D eigenvalue weighted by molar-refractivity contribution is 5.69. The van der Waals surface area contributed by atoms with Crippen LogP contribution in [0.3, 0.4) is 0 Å². The summed E-state index contributed by atoms with van der Waals surface area (Å²) in [7, 11) is 0. The predicted molar refractivity (Wildman–Crippen MR) is 181 cm³/mol. The Balaban J connectivity index is 4.01. The lowest BCUT2D eigenvalue weighted by molar-refractivity contribution is -0.150. The minimum atomic E-state index is -0.0394. The van der Waals surface area contributed by atoms with Gasteiger partial charge in [0.25, 0.3) is 0 Å². The van der Waals surface area contributed by atoms with Crippen molar-refractivity contribution in [2.24, 2.45) is 0 Å². The van der Waals surface area contributed by atoms with E-state index in [1.54, 1.807) is 0 Å². The zero-order valence-corrected chi connectivity index (χ0v) is 29.0. The van der Waals surface area contributed by atoms with E-state index in [9.17, 15) is 14.7 Å². The quantitative estimate of drug-likeness (QED) is 0.0576. The van der Waals surface area contributed by atoms with Crippen molar-refractivity contribution < 1.29 is 24.2 Å². The molecule has 6 heteroatoms. The topological polar surface area (TPSA) is 76.1 Å². The number of carbonyl (C=O) groups excluding carboxylic acids is 2. The number of carbonyl (C=O) groups is 2. The monoisotopic (exact) mass is 612 g/mol. The summed E-state index contributed by atoms with van der Waals surface area (Å²) in [4.78, 5) is 26.7. The van der Waals surface area contributed by atoms with Crippen LogP contribution in [0.25, 0.3) is 0 Å². The smallest absolute Gasteiger partial charge is 0.306 e. The molecule has 0 spiro atoms. The Morgan fingerprint density at radius 3 is 1.56 bits per heavy atom. The van der Waals surface area contributed by atoms with E-state index in [-0.39, 0.29) is 24.6 Å². The summed E-state index contributed by atoms with van der Waals surface area (Å²) in [6.07, 6.45) is 28.8. The zero-order valence-electron chi connectivity index (χ0n) is 29.0. The first-order valence-corrected chi connectivity index (χ1v) is 18.8. The van der Waals surface area contributed by atoms with Crippen LogP contribution in [-0.2, 0) is 19.1 Å². The number of aliphatic hydroxyl groups is 1. The second kappa shape index (κ2) is 33.7. The van der Waals surface area contributed by atoms with Crippen molar-refractivity contribution in [1.82, 2.24) is 4.90 Å². The fourth-order valence-corrected chi connectivity index (χ4v) is 5.64. The molecule has 0 aromatic rings. The molecule has 0 aliphatic heterocycles. The zero-order chi connectivity index (χ0) is 31.6. The summed E-state index contributed by atoms with van der Waals surface area (Å²) < 4.78 is 11.2. The lowest BCUT2D eigenvalue weighted by Crippen LogP contribution is -2.29. The van der Waals surface area contributed by atoms with E-state index in [0.717, 1.165) is 77.3 Å². The molecule has 256 valence electrons. The fourth-order valence-electron chi connectivity index (χ4n) is 5.64. The van der Waals surface area contributed by atoms with Gasteiger partial charge in [-0.2, -0.15) is 0 Å². The highest BCUT2D eigenvalue weighted by Crippen LogP contribution is 2.18.